The number of hydrogen-bond donors (Lipinski definition) is 1. The van der Waals surface area contributed by atoms with Crippen LogP contribution in [0, 0.1) is 0 Å². The lowest BCUT2D eigenvalue weighted by Gasteiger charge is -2.15. The van der Waals surface area contributed by atoms with E-state index >= 15 is 0 Å². The van der Waals surface area contributed by atoms with Gasteiger partial charge in [0.25, 0.3) is 0 Å². The Hall–Kier alpha value is -1.07. The molecule has 0 unspecified atom stereocenters. The lowest BCUT2D eigenvalue weighted by atomic mass is 10.2. The van der Waals surface area contributed by atoms with Crippen LogP contribution in [0.3, 0.4) is 0 Å². The lowest BCUT2D eigenvalue weighted by Crippen LogP contribution is -2.16. The van der Waals surface area contributed by atoms with Gasteiger partial charge >= 0.3 is 6.61 Å². The zero-order valence-electron chi connectivity index (χ0n) is 10.3. The van der Waals surface area contributed by atoms with E-state index in [4.69, 9.17) is 16.3 Å². The molecule has 1 rings (SSSR count). The maximum atomic E-state index is 12.4. The molecule has 0 aromatic heterocycles. The fraction of sp³-hybridized carbons (Fsp3) is 0.500. The Balaban J connectivity index is 2.99. The number of alkyl halides is 2. The molecule has 0 saturated heterocycles. The van der Waals surface area contributed by atoms with E-state index in [0.29, 0.717) is 17.1 Å². The minimum absolute atomic E-state index is 0.0282. The Morgan fingerprint density at radius 2 is 2.11 bits per heavy atom. The summed E-state index contributed by atoms with van der Waals surface area (Å²) in [7, 11) is 1.38. The molecule has 18 heavy (non-hydrogen) atoms. The zero-order valence-corrected chi connectivity index (χ0v) is 11.1. The molecule has 0 saturated carbocycles. The number of rotatable bonds is 7. The molecule has 1 N–H and O–H groups in total. The second-order valence-corrected chi connectivity index (χ2v) is 4.09. The Bertz CT molecular complexity index is 389. The second-order valence-electron chi connectivity index (χ2n) is 3.65. The van der Waals surface area contributed by atoms with Crippen LogP contribution in [0.1, 0.15) is 18.9 Å². The van der Waals surface area contributed by atoms with Gasteiger partial charge in [-0.15, -0.1) is 0 Å². The number of hydrogen-bond acceptors (Lipinski definition) is 3. The fourth-order valence-electron chi connectivity index (χ4n) is 1.53. The van der Waals surface area contributed by atoms with Crippen LogP contribution >= 0.6 is 11.6 Å². The van der Waals surface area contributed by atoms with E-state index in [1.54, 1.807) is 6.07 Å². The first-order valence-electron chi connectivity index (χ1n) is 5.60. The van der Waals surface area contributed by atoms with Crippen LogP contribution < -0.4 is 14.8 Å². The summed E-state index contributed by atoms with van der Waals surface area (Å²) in [5.41, 5.74) is 0.549. The van der Waals surface area contributed by atoms with E-state index in [-0.39, 0.29) is 11.5 Å². The smallest absolute Gasteiger partial charge is 0.387 e. The third-order valence-corrected chi connectivity index (χ3v) is 2.48. The van der Waals surface area contributed by atoms with Crippen molar-refractivity contribution >= 4 is 11.6 Å². The number of methoxy groups -OCH3 is 1. The summed E-state index contributed by atoms with van der Waals surface area (Å²) < 4.78 is 34.2. The molecule has 6 heteroatoms. The predicted octanol–water partition coefficient (Wildman–Crippen LogP) is 3.45. The van der Waals surface area contributed by atoms with E-state index < -0.39 is 6.61 Å². The molecule has 0 atom stereocenters. The first-order chi connectivity index (χ1) is 8.58. The van der Waals surface area contributed by atoms with Crippen molar-refractivity contribution in [2.75, 3.05) is 13.7 Å². The number of ether oxygens (including phenoxy) is 2. The Labute approximate surface area is 110 Å². The largest absolute Gasteiger partial charge is 0.493 e. The highest BCUT2D eigenvalue weighted by molar-refractivity contribution is 6.30. The Kier molecular flexibility index (Phi) is 6.15. The van der Waals surface area contributed by atoms with Crippen LogP contribution in [0.5, 0.6) is 11.5 Å². The highest BCUT2D eigenvalue weighted by atomic mass is 35.5. The van der Waals surface area contributed by atoms with Crippen molar-refractivity contribution < 1.29 is 18.3 Å². The van der Waals surface area contributed by atoms with Gasteiger partial charge in [0.15, 0.2) is 11.5 Å². The monoisotopic (exact) mass is 279 g/mol. The normalized spacial score (nSPS) is 10.8. The molecule has 1 aromatic carbocycles. The van der Waals surface area contributed by atoms with E-state index in [2.05, 4.69) is 10.1 Å². The van der Waals surface area contributed by atoms with E-state index in [0.717, 1.165) is 13.0 Å². The molecule has 0 aliphatic heterocycles. The van der Waals surface area contributed by atoms with Crippen LogP contribution in [-0.4, -0.2) is 20.3 Å². The van der Waals surface area contributed by atoms with Gasteiger partial charge < -0.3 is 14.8 Å². The summed E-state index contributed by atoms with van der Waals surface area (Å²) >= 11 is 5.90. The molecule has 0 fully saturated rings. The van der Waals surface area contributed by atoms with Gasteiger partial charge in [0.05, 0.1) is 7.11 Å². The molecule has 0 heterocycles. The number of halogens is 3. The van der Waals surface area contributed by atoms with Gasteiger partial charge in [0.1, 0.15) is 0 Å². The van der Waals surface area contributed by atoms with Gasteiger partial charge in [0.2, 0.25) is 0 Å². The van der Waals surface area contributed by atoms with Crippen molar-refractivity contribution in [2.24, 2.45) is 0 Å². The average molecular weight is 280 g/mol. The van der Waals surface area contributed by atoms with Gasteiger partial charge in [-0.2, -0.15) is 8.78 Å². The summed E-state index contributed by atoms with van der Waals surface area (Å²) in [5.74, 6) is 0.233. The van der Waals surface area contributed by atoms with E-state index in [1.165, 1.54) is 13.2 Å². The van der Waals surface area contributed by atoms with Crippen LogP contribution in [0.25, 0.3) is 0 Å². The maximum absolute atomic E-state index is 12.4. The molecule has 0 amide bonds. The van der Waals surface area contributed by atoms with Crippen LogP contribution in [0.2, 0.25) is 5.02 Å². The third kappa shape index (κ3) is 4.31. The molecule has 102 valence electrons. The first-order valence-corrected chi connectivity index (χ1v) is 5.98. The second kappa shape index (κ2) is 7.38. The molecule has 1 aromatic rings. The van der Waals surface area contributed by atoms with Gasteiger partial charge in [-0.05, 0) is 19.0 Å². The quantitative estimate of drug-likeness (QED) is 0.776. The van der Waals surface area contributed by atoms with Crippen molar-refractivity contribution in [2.45, 2.75) is 26.5 Å². The van der Waals surface area contributed by atoms with Crippen LogP contribution in [0.4, 0.5) is 8.78 Å². The summed E-state index contributed by atoms with van der Waals surface area (Å²) in [6, 6.07) is 3.03. The van der Waals surface area contributed by atoms with Gasteiger partial charge in [-0.25, -0.2) is 0 Å². The number of nitrogens with one attached hydrogen (secondary N) is 1. The van der Waals surface area contributed by atoms with Crippen molar-refractivity contribution in [3.8, 4) is 11.5 Å². The van der Waals surface area contributed by atoms with Gasteiger partial charge in [-0.1, -0.05) is 18.5 Å². The molecule has 0 aliphatic carbocycles. The van der Waals surface area contributed by atoms with Crippen molar-refractivity contribution in [1.29, 1.82) is 0 Å². The minimum Gasteiger partial charge on any atom is -0.493 e. The third-order valence-electron chi connectivity index (χ3n) is 2.27. The van der Waals surface area contributed by atoms with Crippen molar-refractivity contribution in [1.82, 2.24) is 5.32 Å². The van der Waals surface area contributed by atoms with E-state index in [1.807, 2.05) is 6.92 Å². The average Bonchev–Trinajstić information content (AvgIpc) is 2.31. The SMILES string of the molecule is CCCNCc1cc(Cl)cc(OC)c1OC(F)F. The topological polar surface area (TPSA) is 30.5 Å². The number of benzene rings is 1. The van der Waals surface area contributed by atoms with Gasteiger partial charge in [-0.3, -0.25) is 0 Å². The Morgan fingerprint density at radius 3 is 2.67 bits per heavy atom. The van der Waals surface area contributed by atoms with Gasteiger partial charge in [0, 0.05) is 23.2 Å². The molecule has 0 spiro atoms. The maximum Gasteiger partial charge on any atom is 0.387 e. The zero-order chi connectivity index (χ0) is 13.5. The molecule has 0 aliphatic rings. The fourth-order valence-corrected chi connectivity index (χ4v) is 1.76. The van der Waals surface area contributed by atoms with Crippen molar-refractivity contribution in [3.05, 3.63) is 22.7 Å². The molecule has 0 bridgehead atoms. The molecular formula is C12H16ClF2NO2. The molecule has 3 nitrogen and oxygen atoms in total. The predicted molar refractivity (Wildman–Crippen MR) is 66.6 cm³/mol. The summed E-state index contributed by atoms with van der Waals surface area (Å²) in [6.07, 6.45) is 0.947. The minimum atomic E-state index is -2.90. The van der Waals surface area contributed by atoms with E-state index in [9.17, 15) is 8.78 Å². The highest BCUT2D eigenvalue weighted by Crippen LogP contribution is 2.35. The first kappa shape index (κ1) is 15.0. The standard InChI is InChI=1S/C12H16ClF2NO2/c1-3-4-16-7-8-5-9(13)6-10(17-2)11(8)18-12(14)15/h5-6,12,16H,3-4,7H2,1-2H3. The summed E-state index contributed by atoms with van der Waals surface area (Å²) in [6.45, 7) is 0.294. The highest BCUT2D eigenvalue weighted by Gasteiger charge is 2.16. The van der Waals surface area contributed by atoms with Crippen LogP contribution in [-0.2, 0) is 6.54 Å². The molecular weight excluding hydrogens is 264 g/mol. The lowest BCUT2D eigenvalue weighted by molar-refractivity contribution is -0.0518. The van der Waals surface area contributed by atoms with Crippen molar-refractivity contribution in [3.63, 3.8) is 0 Å². The summed E-state index contributed by atoms with van der Waals surface area (Å²) in [5, 5.41) is 3.52. The van der Waals surface area contributed by atoms with Crippen LogP contribution in [0.15, 0.2) is 12.1 Å². The Morgan fingerprint density at radius 1 is 1.39 bits per heavy atom. The summed E-state index contributed by atoms with van der Waals surface area (Å²) in [4.78, 5) is 0. The molecule has 0 radical (unpaired) electrons.